The average molecular weight is 463 g/mol. The number of ether oxygens (including phenoxy) is 1. The van der Waals surface area contributed by atoms with Crippen LogP contribution in [-0.4, -0.2) is 42.5 Å². The van der Waals surface area contributed by atoms with Crippen LogP contribution in [0.3, 0.4) is 0 Å². The Morgan fingerprint density at radius 3 is 2.79 bits per heavy atom. The number of halogens is 2. The van der Waals surface area contributed by atoms with E-state index in [-0.39, 0.29) is 30.7 Å². The van der Waals surface area contributed by atoms with E-state index in [0.29, 0.717) is 16.8 Å². The first kappa shape index (κ1) is 21.5. The normalized spacial score (nSPS) is 15.9. The van der Waals surface area contributed by atoms with E-state index in [2.05, 4.69) is 21.2 Å². The summed E-state index contributed by atoms with van der Waals surface area (Å²) in [6, 6.07) is 9.85. The molecule has 1 heterocycles. The van der Waals surface area contributed by atoms with E-state index in [1.165, 1.54) is 23.1 Å². The molecule has 0 bridgehead atoms. The summed E-state index contributed by atoms with van der Waals surface area (Å²) in [5.74, 6) is -1.48. The van der Waals surface area contributed by atoms with E-state index in [0.717, 1.165) is 24.0 Å². The lowest BCUT2D eigenvalue weighted by Crippen LogP contribution is -2.42. The van der Waals surface area contributed by atoms with Crippen molar-refractivity contribution in [2.24, 2.45) is 0 Å². The Hall–Kier alpha value is -2.25. The number of carbonyl (C=O) groups is 2. The number of hydrogen-bond donors (Lipinski definition) is 1. The van der Waals surface area contributed by atoms with Crippen LogP contribution in [0.15, 0.2) is 40.9 Å². The molecule has 0 radical (unpaired) electrons. The molecular formula is C22H24BrFN2O3. The standard InChI is InChI=1S/C22H24BrFN2O3/c1-14-5-3-7-20(15(14)2)25-21(27)13-26(12-17-6-4-10-29-17)22(28)18-11-16(23)8-9-19(18)24/h3,5,7-9,11,17H,4,6,10,12-13H2,1-2H3,(H,25,27). The van der Waals surface area contributed by atoms with Crippen LogP contribution >= 0.6 is 15.9 Å². The molecule has 1 N–H and O–H groups in total. The van der Waals surface area contributed by atoms with Gasteiger partial charge in [0.25, 0.3) is 5.91 Å². The highest BCUT2D eigenvalue weighted by Gasteiger charge is 2.27. The number of amides is 2. The number of rotatable bonds is 6. The topological polar surface area (TPSA) is 58.6 Å². The maximum atomic E-state index is 14.3. The molecule has 1 atom stereocenters. The molecular weight excluding hydrogens is 439 g/mol. The number of aryl methyl sites for hydroxylation is 1. The highest BCUT2D eigenvalue weighted by Crippen LogP contribution is 2.21. The van der Waals surface area contributed by atoms with Crippen LogP contribution in [0.4, 0.5) is 10.1 Å². The highest BCUT2D eigenvalue weighted by molar-refractivity contribution is 9.10. The summed E-state index contributed by atoms with van der Waals surface area (Å²) in [5.41, 5.74) is 2.66. The molecule has 2 aromatic rings. The monoisotopic (exact) mass is 462 g/mol. The fraction of sp³-hybridized carbons (Fsp3) is 0.364. The third-order valence-corrected chi connectivity index (χ3v) is 5.60. The van der Waals surface area contributed by atoms with E-state index in [1.54, 1.807) is 0 Å². The van der Waals surface area contributed by atoms with Crippen molar-refractivity contribution in [3.05, 3.63) is 63.4 Å². The summed E-state index contributed by atoms with van der Waals surface area (Å²) in [6.45, 7) is 4.58. The maximum absolute atomic E-state index is 14.3. The van der Waals surface area contributed by atoms with Crippen molar-refractivity contribution in [2.45, 2.75) is 32.8 Å². The van der Waals surface area contributed by atoms with Gasteiger partial charge in [-0.1, -0.05) is 28.1 Å². The first-order valence-electron chi connectivity index (χ1n) is 9.57. The zero-order valence-corrected chi connectivity index (χ0v) is 18.1. The summed E-state index contributed by atoms with van der Waals surface area (Å²) in [7, 11) is 0. The van der Waals surface area contributed by atoms with Crippen LogP contribution in [0.5, 0.6) is 0 Å². The molecule has 1 fully saturated rings. The minimum Gasteiger partial charge on any atom is -0.376 e. The molecule has 0 saturated carbocycles. The minimum atomic E-state index is -0.620. The first-order valence-corrected chi connectivity index (χ1v) is 10.4. The van der Waals surface area contributed by atoms with Crippen LogP contribution < -0.4 is 5.32 Å². The SMILES string of the molecule is Cc1cccc(NC(=O)CN(CC2CCCO2)C(=O)c2cc(Br)ccc2F)c1C. The molecule has 0 aliphatic carbocycles. The van der Waals surface area contributed by atoms with E-state index in [4.69, 9.17) is 4.74 Å². The highest BCUT2D eigenvalue weighted by atomic mass is 79.9. The van der Waals surface area contributed by atoms with Gasteiger partial charge in [-0.3, -0.25) is 9.59 Å². The Balaban J connectivity index is 1.79. The van der Waals surface area contributed by atoms with Crippen molar-refractivity contribution in [1.29, 1.82) is 0 Å². The summed E-state index contributed by atoms with van der Waals surface area (Å²) in [4.78, 5) is 27.1. The van der Waals surface area contributed by atoms with Gasteiger partial charge >= 0.3 is 0 Å². The number of nitrogens with one attached hydrogen (secondary N) is 1. The molecule has 154 valence electrons. The fourth-order valence-electron chi connectivity index (χ4n) is 3.33. The summed E-state index contributed by atoms with van der Waals surface area (Å²) < 4.78 is 20.5. The lowest BCUT2D eigenvalue weighted by molar-refractivity contribution is -0.117. The molecule has 0 spiro atoms. The van der Waals surface area contributed by atoms with Gasteiger partial charge in [0.15, 0.2) is 0 Å². The van der Waals surface area contributed by atoms with Crippen molar-refractivity contribution < 1.29 is 18.7 Å². The van der Waals surface area contributed by atoms with Crippen molar-refractivity contribution in [3.63, 3.8) is 0 Å². The molecule has 7 heteroatoms. The van der Waals surface area contributed by atoms with Gasteiger partial charge in [-0.25, -0.2) is 4.39 Å². The number of nitrogens with zero attached hydrogens (tertiary/aromatic N) is 1. The lowest BCUT2D eigenvalue weighted by atomic mass is 10.1. The average Bonchev–Trinajstić information content (AvgIpc) is 3.19. The lowest BCUT2D eigenvalue weighted by Gasteiger charge is -2.25. The van der Waals surface area contributed by atoms with E-state index in [9.17, 15) is 14.0 Å². The van der Waals surface area contributed by atoms with Crippen molar-refractivity contribution in [2.75, 3.05) is 25.0 Å². The number of benzene rings is 2. The molecule has 0 aromatic heterocycles. The largest absolute Gasteiger partial charge is 0.376 e. The minimum absolute atomic E-state index is 0.0723. The number of anilines is 1. The predicted octanol–water partition coefficient (Wildman–Crippen LogP) is 4.46. The van der Waals surface area contributed by atoms with Crippen LogP contribution in [0.25, 0.3) is 0 Å². The summed E-state index contributed by atoms with van der Waals surface area (Å²) in [6.07, 6.45) is 1.57. The van der Waals surface area contributed by atoms with Gasteiger partial charge in [-0.2, -0.15) is 0 Å². The second-order valence-electron chi connectivity index (χ2n) is 7.24. The number of carbonyl (C=O) groups excluding carboxylic acids is 2. The molecule has 1 aliphatic rings. The Labute approximate surface area is 178 Å². The maximum Gasteiger partial charge on any atom is 0.257 e. The zero-order valence-electron chi connectivity index (χ0n) is 16.5. The van der Waals surface area contributed by atoms with Gasteiger partial charge in [0.05, 0.1) is 11.7 Å². The summed E-state index contributed by atoms with van der Waals surface area (Å²) in [5, 5.41) is 2.86. The van der Waals surface area contributed by atoms with Gasteiger partial charge in [0.1, 0.15) is 12.4 Å². The number of hydrogen-bond acceptors (Lipinski definition) is 3. The first-order chi connectivity index (χ1) is 13.8. The second kappa shape index (κ2) is 9.50. The van der Waals surface area contributed by atoms with E-state index in [1.807, 2.05) is 32.0 Å². The van der Waals surface area contributed by atoms with Gasteiger partial charge in [0, 0.05) is 23.3 Å². The quantitative estimate of drug-likeness (QED) is 0.688. The second-order valence-corrected chi connectivity index (χ2v) is 8.16. The van der Waals surface area contributed by atoms with Crippen LogP contribution in [0.1, 0.15) is 34.3 Å². The van der Waals surface area contributed by atoms with Crippen molar-refractivity contribution >= 4 is 33.4 Å². The van der Waals surface area contributed by atoms with E-state index < -0.39 is 11.7 Å². The Kier molecular flexibility index (Phi) is 7.03. The molecule has 2 aromatic carbocycles. The van der Waals surface area contributed by atoms with Crippen LogP contribution in [0, 0.1) is 19.7 Å². The Morgan fingerprint density at radius 1 is 1.28 bits per heavy atom. The van der Waals surface area contributed by atoms with Crippen LogP contribution in [-0.2, 0) is 9.53 Å². The third-order valence-electron chi connectivity index (χ3n) is 5.11. The van der Waals surface area contributed by atoms with Crippen molar-refractivity contribution in [1.82, 2.24) is 4.90 Å². The van der Waals surface area contributed by atoms with Gasteiger partial charge in [0.2, 0.25) is 5.91 Å². The molecule has 1 aliphatic heterocycles. The molecule has 29 heavy (non-hydrogen) atoms. The molecule has 1 saturated heterocycles. The van der Waals surface area contributed by atoms with Gasteiger partial charge in [-0.15, -0.1) is 0 Å². The zero-order chi connectivity index (χ0) is 21.0. The van der Waals surface area contributed by atoms with Gasteiger partial charge in [-0.05, 0) is 62.1 Å². The Morgan fingerprint density at radius 2 is 2.07 bits per heavy atom. The third kappa shape index (κ3) is 5.42. The van der Waals surface area contributed by atoms with Gasteiger partial charge < -0.3 is 15.0 Å². The fourth-order valence-corrected chi connectivity index (χ4v) is 3.70. The molecule has 2 amide bonds. The molecule has 1 unspecified atom stereocenters. The molecule has 3 rings (SSSR count). The smallest absolute Gasteiger partial charge is 0.257 e. The summed E-state index contributed by atoms with van der Waals surface area (Å²) >= 11 is 3.27. The predicted molar refractivity (Wildman–Crippen MR) is 114 cm³/mol. The Bertz CT molecular complexity index is 913. The van der Waals surface area contributed by atoms with Crippen LogP contribution in [0.2, 0.25) is 0 Å². The van der Waals surface area contributed by atoms with Crippen molar-refractivity contribution in [3.8, 4) is 0 Å². The molecule has 5 nitrogen and oxygen atoms in total. The van der Waals surface area contributed by atoms with E-state index >= 15 is 0 Å².